The van der Waals surface area contributed by atoms with E-state index in [4.69, 9.17) is 4.74 Å². The SMILES string of the molecule is COc1ccc(C(=O)Nc2cc(F)ccc2Sc2nccn2C)cc1OC(F)F. The number of ether oxygens (including phenoxy) is 2. The highest BCUT2D eigenvalue weighted by Gasteiger charge is 2.17. The van der Waals surface area contributed by atoms with Crippen LogP contribution in [0.3, 0.4) is 0 Å². The topological polar surface area (TPSA) is 65.4 Å². The van der Waals surface area contributed by atoms with Crippen LogP contribution in [0.4, 0.5) is 18.9 Å². The molecule has 0 bridgehead atoms. The van der Waals surface area contributed by atoms with Crippen LogP contribution in [0, 0.1) is 5.82 Å². The second-order valence-electron chi connectivity index (χ2n) is 5.76. The number of alkyl halides is 2. The summed E-state index contributed by atoms with van der Waals surface area (Å²) in [5.74, 6) is -1.39. The molecule has 0 aliphatic rings. The quantitative estimate of drug-likeness (QED) is 0.603. The van der Waals surface area contributed by atoms with Crippen LogP contribution in [-0.2, 0) is 7.05 Å². The van der Waals surface area contributed by atoms with Crippen molar-refractivity contribution in [1.29, 1.82) is 0 Å². The average Bonchev–Trinajstić information content (AvgIpc) is 3.08. The molecule has 10 heteroatoms. The van der Waals surface area contributed by atoms with Crippen LogP contribution in [0.25, 0.3) is 0 Å². The zero-order valence-corrected chi connectivity index (χ0v) is 16.2. The molecule has 1 heterocycles. The molecule has 1 amide bonds. The zero-order chi connectivity index (χ0) is 21.0. The summed E-state index contributed by atoms with van der Waals surface area (Å²) in [6, 6.07) is 7.81. The van der Waals surface area contributed by atoms with Crippen LogP contribution >= 0.6 is 11.8 Å². The molecule has 152 valence electrons. The van der Waals surface area contributed by atoms with Crippen molar-refractivity contribution in [2.24, 2.45) is 7.05 Å². The first kappa shape index (κ1) is 20.6. The highest BCUT2D eigenvalue weighted by atomic mass is 32.2. The number of hydrogen-bond acceptors (Lipinski definition) is 5. The zero-order valence-electron chi connectivity index (χ0n) is 15.4. The summed E-state index contributed by atoms with van der Waals surface area (Å²) >= 11 is 1.24. The number of halogens is 3. The van der Waals surface area contributed by atoms with Crippen LogP contribution in [0.5, 0.6) is 11.5 Å². The fourth-order valence-electron chi connectivity index (χ4n) is 2.44. The Balaban J connectivity index is 1.87. The van der Waals surface area contributed by atoms with Gasteiger partial charge in [0.05, 0.1) is 12.8 Å². The Morgan fingerprint density at radius 3 is 2.66 bits per heavy atom. The number of hydrogen-bond donors (Lipinski definition) is 1. The first-order valence-electron chi connectivity index (χ1n) is 8.26. The first-order chi connectivity index (χ1) is 13.9. The van der Waals surface area contributed by atoms with Gasteiger partial charge in [-0.1, -0.05) is 0 Å². The highest BCUT2D eigenvalue weighted by molar-refractivity contribution is 7.99. The van der Waals surface area contributed by atoms with E-state index in [1.807, 2.05) is 0 Å². The number of anilines is 1. The fraction of sp³-hybridized carbons (Fsp3) is 0.158. The lowest BCUT2D eigenvalue weighted by Gasteiger charge is -2.13. The van der Waals surface area contributed by atoms with E-state index in [9.17, 15) is 18.0 Å². The Morgan fingerprint density at radius 1 is 1.21 bits per heavy atom. The van der Waals surface area contributed by atoms with Crippen molar-refractivity contribution < 1.29 is 27.4 Å². The number of amides is 1. The van der Waals surface area contributed by atoms with E-state index in [0.717, 1.165) is 6.07 Å². The number of carbonyl (C=O) groups is 1. The predicted molar refractivity (Wildman–Crippen MR) is 101 cm³/mol. The van der Waals surface area contributed by atoms with Gasteiger partial charge in [-0.05, 0) is 48.2 Å². The standard InChI is InChI=1S/C19H16F3N3O3S/c1-25-8-7-23-19(25)29-16-6-4-12(20)10-13(16)24-17(26)11-3-5-14(27-2)15(9-11)28-18(21)22/h3-10,18H,1-2H3,(H,24,26). The van der Waals surface area contributed by atoms with E-state index in [1.165, 1.54) is 49.2 Å². The van der Waals surface area contributed by atoms with Crippen LogP contribution in [0.15, 0.2) is 58.8 Å². The minimum Gasteiger partial charge on any atom is -0.493 e. The van der Waals surface area contributed by atoms with Crippen LogP contribution < -0.4 is 14.8 Å². The van der Waals surface area contributed by atoms with Crippen LogP contribution in [0.2, 0.25) is 0 Å². The number of nitrogens with zero attached hydrogens (tertiary/aromatic N) is 2. The largest absolute Gasteiger partial charge is 0.493 e. The maximum Gasteiger partial charge on any atom is 0.387 e. The summed E-state index contributed by atoms with van der Waals surface area (Å²) < 4.78 is 50.1. The van der Waals surface area contributed by atoms with Gasteiger partial charge in [-0.15, -0.1) is 0 Å². The molecule has 0 spiro atoms. The van der Waals surface area contributed by atoms with Crippen molar-refractivity contribution in [3.63, 3.8) is 0 Å². The molecule has 29 heavy (non-hydrogen) atoms. The number of benzene rings is 2. The Kier molecular flexibility index (Phi) is 6.32. The molecular formula is C19H16F3N3O3S. The second kappa shape index (κ2) is 8.91. The molecule has 0 atom stereocenters. The molecule has 6 nitrogen and oxygen atoms in total. The van der Waals surface area contributed by atoms with Crippen LogP contribution in [0.1, 0.15) is 10.4 Å². The van der Waals surface area contributed by atoms with Gasteiger partial charge in [0, 0.05) is 29.9 Å². The number of imidazole rings is 1. The molecule has 2 aromatic carbocycles. The Bertz CT molecular complexity index is 1030. The third-order valence-corrected chi connectivity index (χ3v) is 4.96. The third kappa shape index (κ3) is 5.02. The number of carbonyl (C=O) groups excluding carboxylic acids is 1. The Morgan fingerprint density at radius 2 is 2.00 bits per heavy atom. The molecule has 0 saturated carbocycles. The van der Waals surface area contributed by atoms with Crippen LogP contribution in [-0.4, -0.2) is 29.2 Å². The summed E-state index contributed by atoms with van der Waals surface area (Å²) in [6.07, 6.45) is 3.37. The van der Waals surface area contributed by atoms with Gasteiger partial charge in [0.2, 0.25) is 0 Å². The second-order valence-corrected chi connectivity index (χ2v) is 6.77. The maximum atomic E-state index is 13.8. The van der Waals surface area contributed by atoms with Crippen molar-refractivity contribution >= 4 is 23.4 Å². The van der Waals surface area contributed by atoms with E-state index in [2.05, 4.69) is 15.0 Å². The van der Waals surface area contributed by atoms with Crippen molar-refractivity contribution in [1.82, 2.24) is 9.55 Å². The molecule has 0 aliphatic heterocycles. The van der Waals surface area contributed by atoms with Gasteiger partial charge in [0.25, 0.3) is 5.91 Å². The smallest absolute Gasteiger partial charge is 0.387 e. The summed E-state index contributed by atoms with van der Waals surface area (Å²) in [4.78, 5) is 17.4. The van der Waals surface area contributed by atoms with Crippen molar-refractivity contribution in [3.05, 3.63) is 60.2 Å². The minimum atomic E-state index is -3.08. The molecule has 1 N–H and O–H groups in total. The monoisotopic (exact) mass is 423 g/mol. The first-order valence-corrected chi connectivity index (χ1v) is 9.08. The summed E-state index contributed by atoms with van der Waals surface area (Å²) in [5.41, 5.74) is 0.258. The molecule has 0 radical (unpaired) electrons. The number of aryl methyl sites for hydroxylation is 1. The van der Waals surface area contributed by atoms with E-state index < -0.39 is 18.3 Å². The van der Waals surface area contributed by atoms with Gasteiger partial charge in [-0.25, -0.2) is 9.37 Å². The lowest BCUT2D eigenvalue weighted by molar-refractivity contribution is -0.0512. The summed E-state index contributed by atoms with van der Waals surface area (Å²) in [7, 11) is 3.10. The van der Waals surface area contributed by atoms with Crippen molar-refractivity contribution in [3.8, 4) is 11.5 Å². The number of nitrogens with one attached hydrogen (secondary N) is 1. The fourth-order valence-corrected chi connectivity index (χ4v) is 3.31. The lowest BCUT2D eigenvalue weighted by atomic mass is 10.2. The summed E-state index contributed by atoms with van der Waals surface area (Å²) in [6.45, 7) is -3.08. The number of methoxy groups -OCH3 is 1. The molecule has 0 fully saturated rings. The average molecular weight is 423 g/mol. The Hall–Kier alpha value is -3.14. The van der Waals surface area contributed by atoms with Crippen molar-refractivity contribution in [2.45, 2.75) is 16.7 Å². The van der Waals surface area contributed by atoms with Gasteiger partial charge in [0.1, 0.15) is 5.82 Å². The molecule has 0 saturated heterocycles. The molecule has 0 aliphatic carbocycles. The maximum absolute atomic E-state index is 13.8. The number of rotatable bonds is 7. The van der Waals surface area contributed by atoms with Gasteiger partial charge in [-0.2, -0.15) is 8.78 Å². The van der Waals surface area contributed by atoms with Crippen molar-refractivity contribution in [2.75, 3.05) is 12.4 Å². The number of aromatic nitrogens is 2. The van der Waals surface area contributed by atoms with E-state index in [1.54, 1.807) is 24.0 Å². The molecule has 0 unspecified atom stereocenters. The molecule has 3 rings (SSSR count). The molecule has 3 aromatic rings. The van der Waals surface area contributed by atoms with Gasteiger partial charge in [-0.3, -0.25) is 4.79 Å². The van der Waals surface area contributed by atoms with Gasteiger partial charge < -0.3 is 19.4 Å². The minimum absolute atomic E-state index is 0.0404. The molecular weight excluding hydrogens is 407 g/mol. The van der Waals surface area contributed by atoms with Gasteiger partial charge in [0.15, 0.2) is 16.7 Å². The van der Waals surface area contributed by atoms with E-state index in [0.29, 0.717) is 10.1 Å². The summed E-state index contributed by atoms with van der Waals surface area (Å²) in [5, 5.41) is 3.24. The predicted octanol–water partition coefficient (Wildman–Crippen LogP) is 4.57. The highest BCUT2D eigenvalue weighted by Crippen LogP contribution is 2.34. The third-order valence-electron chi connectivity index (χ3n) is 3.81. The lowest BCUT2D eigenvalue weighted by Crippen LogP contribution is -2.13. The Labute approximate surface area is 168 Å². The molecule has 1 aromatic heterocycles. The van der Waals surface area contributed by atoms with E-state index >= 15 is 0 Å². The normalized spacial score (nSPS) is 10.8. The van der Waals surface area contributed by atoms with Gasteiger partial charge >= 0.3 is 6.61 Å². The van der Waals surface area contributed by atoms with E-state index in [-0.39, 0.29) is 22.7 Å².